The van der Waals surface area contributed by atoms with Gasteiger partial charge in [0, 0.05) is 10.9 Å². The van der Waals surface area contributed by atoms with Gasteiger partial charge in [-0.15, -0.1) is 11.3 Å². The molecule has 1 nitrogen and oxygen atoms in total. The number of aryl methyl sites for hydroxylation is 1. The number of hydrogen-bond donors (Lipinski definition) is 1. The minimum absolute atomic E-state index is 0.186. The zero-order chi connectivity index (χ0) is 13.1. The maximum atomic E-state index is 12.9. The number of thiophene rings is 1. The molecule has 0 saturated carbocycles. The molecule has 1 heterocycles. The molecule has 1 aromatic carbocycles. The molecule has 1 N–H and O–H groups in total. The maximum absolute atomic E-state index is 12.9. The summed E-state index contributed by atoms with van der Waals surface area (Å²) in [6.07, 6.45) is 0.862. The van der Waals surface area contributed by atoms with Crippen molar-refractivity contribution in [2.24, 2.45) is 0 Å². The van der Waals surface area contributed by atoms with Gasteiger partial charge in [-0.25, -0.2) is 4.39 Å². The van der Waals surface area contributed by atoms with Gasteiger partial charge in [0.25, 0.3) is 0 Å². The summed E-state index contributed by atoms with van der Waals surface area (Å²) < 4.78 is 14.0. The molecule has 0 bridgehead atoms. The molecule has 2 rings (SSSR count). The fourth-order valence-corrected chi connectivity index (χ4v) is 3.80. The average Bonchev–Trinajstić information content (AvgIpc) is 2.68. The molecular formula is C14H15BrFNS. The quantitative estimate of drug-likeness (QED) is 0.874. The Hall–Kier alpha value is -0.710. The highest BCUT2D eigenvalue weighted by Gasteiger charge is 2.15. The van der Waals surface area contributed by atoms with E-state index < -0.39 is 0 Å². The SMILES string of the molecule is CNC(Cc1ccc(F)cc1)c1cc(Br)sc1C. The van der Waals surface area contributed by atoms with Gasteiger partial charge in [0.05, 0.1) is 3.79 Å². The molecule has 0 aliphatic rings. The molecule has 0 amide bonds. The maximum Gasteiger partial charge on any atom is 0.123 e. The molecule has 0 aliphatic heterocycles. The number of nitrogens with one attached hydrogen (secondary N) is 1. The van der Waals surface area contributed by atoms with Gasteiger partial charge in [0.1, 0.15) is 5.82 Å². The summed E-state index contributed by atoms with van der Waals surface area (Å²) in [6, 6.07) is 9.13. The summed E-state index contributed by atoms with van der Waals surface area (Å²) in [5.74, 6) is -0.186. The second-order valence-corrected chi connectivity index (χ2v) is 6.87. The second-order valence-electron chi connectivity index (χ2n) is 4.23. The lowest BCUT2D eigenvalue weighted by Crippen LogP contribution is -2.19. The van der Waals surface area contributed by atoms with Crippen LogP contribution in [0.3, 0.4) is 0 Å². The highest BCUT2D eigenvalue weighted by molar-refractivity contribution is 9.11. The van der Waals surface area contributed by atoms with Crippen molar-refractivity contribution < 1.29 is 4.39 Å². The van der Waals surface area contributed by atoms with Crippen molar-refractivity contribution in [3.05, 3.63) is 55.9 Å². The summed E-state index contributed by atoms with van der Waals surface area (Å²) >= 11 is 5.26. The van der Waals surface area contributed by atoms with Crippen LogP contribution >= 0.6 is 27.3 Å². The van der Waals surface area contributed by atoms with Gasteiger partial charge in [-0.2, -0.15) is 0 Å². The minimum atomic E-state index is -0.186. The van der Waals surface area contributed by atoms with Crippen LogP contribution in [0.15, 0.2) is 34.1 Å². The fourth-order valence-electron chi connectivity index (χ4n) is 2.03. The van der Waals surface area contributed by atoms with E-state index in [-0.39, 0.29) is 11.9 Å². The zero-order valence-corrected chi connectivity index (χ0v) is 12.7. The fraction of sp³-hybridized carbons (Fsp3) is 0.286. The third kappa shape index (κ3) is 3.19. The third-order valence-corrected chi connectivity index (χ3v) is 4.57. The summed E-state index contributed by atoms with van der Waals surface area (Å²) in [6.45, 7) is 2.12. The van der Waals surface area contributed by atoms with E-state index in [2.05, 4.69) is 34.2 Å². The molecule has 0 fully saturated rings. The van der Waals surface area contributed by atoms with E-state index in [9.17, 15) is 4.39 Å². The standard InChI is InChI=1S/C14H15BrFNS/c1-9-12(8-14(15)18-9)13(17-2)7-10-3-5-11(16)6-4-10/h3-6,8,13,17H,7H2,1-2H3. The Bertz CT molecular complexity index is 521. The second kappa shape index (κ2) is 5.95. The van der Waals surface area contributed by atoms with Crippen LogP contribution in [0.4, 0.5) is 4.39 Å². The minimum Gasteiger partial charge on any atom is -0.313 e. The van der Waals surface area contributed by atoms with Gasteiger partial charge in [0.2, 0.25) is 0 Å². The van der Waals surface area contributed by atoms with Crippen molar-refractivity contribution in [3.8, 4) is 0 Å². The number of benzene rings is 1. The van der Waals surface area contributed by atoms with Crippen LogP contribution in [0.2, 0.25) is 0 Å². The third-order valence-electron chi connectivity index (χ3n) is 3.00. The highest BCUT2D eigenvalue weighted by Crippen LogP contribution is 2.31. The van der Waals surface area contributed by atoms with E-state index in [0.717, 1.165) is 15.8 Å². The largest absolute Gasteiger partial charge is 0.313 e. The predicted molar refractivity (Wildman–Crippen MR) is 78.7 cm³/mol. The van der Waals surface area contributed by atoms with E-state index in [1.165, 1.54) is 22.6 Å². The lowest BCUT2D eigenvalue weighted by molar-refractivity contribution is 0.588. The first-order valence-electron chi connectivity index (χ1n) is 5.77. The topological polar surface area (TPSA) is 12.0 Å². The highest BCUT2D eigenvalue weighted by atomic mass is 79.9. The lowest BCUT2D eigenvalue weighted by atomic mass is 10.00. The average molecular weight is 328 g/mol. The molecule has 0 saturated heterocycles. The summed E-state index contributed by atoms with van der Waals surface area (Å²) in [4.78, 5) is 1.31. The molecule has 4 heteroatoms. The summed E-state index contributed by atoms with van der Waals surface area (Å²) in [7, 11) is 1.96. The van der Waals surface area contributed by atoms with Crippen molar-refractivity contribution >= 4 is 27.3 Å². The van der Waals surface area contributed by atoms with Crippen molar-refractivity contribution in [1.29, 1.82) is 0 Å². The molecule has 1 aromatic heterocycles. The first kappa shape index (κ1) is 13.7. The first-order chi connectivity index (χ1) is 8.60. The number of halogens is 2. The number of likely N-dealkylation sites (N-methyl/N-ethyl adjacent to an activating group) is 1. The normalized spacial score (nSPS) is 12.7. The van der Waals surface area contributed by atoms with Crippen molar-refractivity contribution in [1.82, 2.24) is 5.32 Å². The molecular weight excluding hydrogens is 313 g/mol. The Kier molecular flexibility index (Phi) is 4.54. The van der Waals surface area contributed by atoms with Gasteiger partial charge in [0.15, 0.2) is 0 Å². The van der Waals surface area contributed by atoms with Crippen LogP contribution in [-0.4, -0.2) is 7.05 Å². The van der Waals surface area contributed by atoms with Crippen molar-refractivity contribution in [2.75, 3.05) is 7.05 Å². The summed E-state index contributed by atoms with van der Waals surface area (Å²) in [5, 5.41) is 3.33. The van der Waals surface area contributed by atoms with Gasteiger partial charge >= 0.3 is 0 Å². The molecule has 1 atom stereocenters. The monoisotopic (exact) mass is 327 g/mol. The van der Waals surface area contributed by atoms with E-state index in [1.54, 1.807) is 11.3 Å². The van der Waals surface area contributed by atoms with E-state index in [4.69, 9.17) is 0 Å². The molecule has 2 aromatic rings. The number of hydrogen-bond acceptors (Lipinski definition) is 2. The summed E-state index contributed by atoms with van der Waals surface area (Å²) in [5.41, 5.74) is 2.44. The Morgan fingerprint density at radius 1 is 1.33 bits per heavy atom. The zero-order valence-electron chi connectivity index (χ0n) is 10.3. The van der Waals surface area contributed by atoms with Crippen LogP contribution in [0.25, 0.3) is 0 Å². The van der Waals surface area contributed by atoms with Crippen LogP contribution in [0, 0.1) is 12.7 Å². The van der Waals surface area contributed by atoms with E-state index in [0.29, 0.717) is 0 Å². The number of rotatable bonds is 4. The molecule has 18 heavy (non-hydrogen) atoms. The van der Waals surface area contributed by atoms with Crippen LogP contribution in [0.1, 0.15) is 22.0 Å². The van der Waals surface area contributed by atoms with E-state index >= 15 is 0 Å². The van der Waals surface area contributed by atoms with Gasteiger partial charge in [-0.1, -0.05) is 12.1 Å². The van der Waals surface area contributed by atoms with Gasteiger partial charge in [-0.3, -0.25) is 0 Å². The van der Waals surface area contributed by atoms with Crippen LogP contribution in [-0.2, 0) is 6.42 Å². The smallest absolute Gasteiger partial charge is 0.123 e. The van der Waals surface area contributed by atoms with Crippen molar-refractivity contribution in [2.45, 2.75) is 19.4 Å². The predicted octanol–water partition coefficient (Wildman–Crippen LogP) is 4.46. The van der Waals surface area contributed by atoms with Crippen LogP contribution < -0.4 is 5.32 Å². The van der Waals surface area contributed by atoms with Crippen LogP contribution in [0.5, 0.6) is 0 Å². The Morgan fingerprint density at radius 3 is 2.50 bits per heavy atom. The van der Waals surface area contributed by atoms with Crippen molar-refractivity contribution in [3.63, 3.8) is 0 Å². The lowest BCUT2D eigenvalue weighted by Gasteiger charge is -2.16. The Labute approximate surface area is 119 Å². The Balaban J connectivity index is 2.19. The van der Waals surface area contributed by atoms with Gasteiger partial charge in [-0.05, 0) is 65.6 Å². The first-order valence-corrected chi connectivity index (χ1v) is 7.38. The molecule has 0 radical (unpaired) electrons. The molecule has 96 valence electrons. The van der Waals surface area contributed by atoms with E-state index in [1.807, 2.05) is 19.2 Å². The molecule has 0 spiro atoms. The Morgan fingerprint density at radius 2 is 2.00 bits per heavy atom. The molecule has 0 aliphatic carbocycles. The van der Waals surface area contributed by atoms with Gasteiger partial charge < -0.3 is 5.32 Å². The molecule has 1 unspecified atom stereocenters.